The Kier molecular flexibility index (Phi) is 7.20. The molecule has 1 aromatic rings. The normalized spacial score (nSPS) is 17.8. The van der Waals surface area contributed by atoms with Crippen LogP contribution < -0.4 is 5.32 Å². The number of ether oxygens (including phenoxy) is 2. The Morgan fingerprint density at radius 2 is 1.95 bits per heavy atom. The number of rotatable bonds is 8. The van der Waals surface area contributed by atoms with Gasteiger partial charge in [0.05, 0.1) is 12.7 Å². The van der Waals surface area contributed by atoms with Crippen LogP contribution in [0.5, 0.6) is 0 Å². The summed E-state index contributed by atoms with van der Waals surface area (Å²) in [7, 11) is 0. The zero-order valence-corrected chi connectivity index (χ0v) is 13.4. The zero-order valence-electron chi connectivity index (χ0n) is 13.4. The van der Waals surface area contributed by atoms with Gasteiger partial charge in [-0.05, 0) is 42.9 Å². The molecule has 1 aliphatic rings. The standard InChI is InChI=1S/C18H29NO2/c1-3-10-19-13-15(2)17-6-4-16(5-7-17)14-21-18-8-11-20-12-9-18/h4-7,15,18-19H,3,8-14H2,1-2H3. The maximum atomic E-state index is 5.96. The molecule has 0 spiro atoms. The number of hydrogen-bond acceptors (Lipinski definition) is 3. The highest BCUT2D eigenvalue weighted by molar-refractivity contribution is 5.24. The van der Waals surface area contributed by atoms with Crippen molar-refractivity contribution in [1.82, 2.24) is 5.32 Å². The first kappa shape index (κ1) is 16.5. The fourth-order valence-corrected chi connectivity index (χ4v) is 2.61. The second-order valence-corrected chi connectivity index (χ2v) is 5.97. The van der Waals surface area contributed by atoms with Crippen molar-refractivity contribution in [2.45, 2.75) is 51.7 Å². The van der Waals surface area contributed by atoms with Crippen molar-refractivity contribution in [3.05, 3.63) is 35.4 Å². The van der Waals surface area contributed by atoms with Crippen LogP contribution in [0, 0.1) is 0 Å². The summed E-state index contributed by atoms with van der Waals surface area (Å²) in [5.74, 6) is 0.557. The first-order valence-corrected chi connectivity index (χ1v) is 8.28. The van der Waals surface area contributed by atoms with E-state index in [1.54, 1.807) is 0 Å². The van der Waals surface area contributed by atoms with Crippen LogP contribution in [0.25, 0.3) is 0 Å². The van der Waals surface area contributed by atoms with Crippen LogP contribution in [-0.4, -0.2) is 32.4 Å². The van der Waals surface area contributed by atoms with E-state index < -0.39 is 0 Å². The Balaban J connectivity index is 1.75. The van der Waals surface area contributed by atoms with E-state index in [4.69, 9.17) is 9.47 Å². The monoisotopic (exact) mass is 291 g/mol. The maximum absolute atomic E-state index is 5.96. The van der Waals surface area contributed by atoms with Crippen LogP contribution in [-0.2, 0) is 16.1 Å². The van der Waals surface area contributed by atoms with Gasteiger partial charge in [-0.3, -0.25) is 0 Å². The molecule has 3 heteroatoms. The fourth-order valence-electron chi connectivity index (χ4n) is 2.61. The second kappa shape index (κ2) is 9.19. The molecule has 0 aromatic heterocycles. The average molecular weight is 291 g/mol. The van der Waals surface area contributed by atoms with Gasteiger partial charge in [0, 0.05) is 19.8 Å². The minimum atomic E-state index is 0.371. The van der Waals surface area contributed by atoms with Gasteiger partial charge < -0.3 is 14.8 Å². The van der Waals surface area contributed by atoms with Gasteiger partial charge in [0.15, 0.2) is 0 Å². The molecule has 1 unspecified atom stereocenters. The van der Waals surface area contributed by atoms with Crippen molar-refractivity contribution in [3.8, 4) is 0 Å². The molecule has 0 saturated carbocycles. The lowest BCUT2D eigenvalue weighted by molar-refractivity contribution is -0.0390. The molecule has 1 fully saturated rings. The Labute approximate surface area is 129 Å². The number of nitrogens with one attached hydrogen (secondary N) is 1. The zero-order chi connectivity index (χ0) is 14.9. The summed E-state index contributed by atoms with van der Waals surface area (Å²) in [6.07, 6.45) is 3.61. The van der Waals surface area contributed by atoms with Gasteiger partial charge in [0.2, 0.25) is 0 Å². The van der Waals surface area contributed by atoms with Crippen molar-refractivity contribution in [1.29, 1.82) is 0 Å². The summed E-state index contributed by atoms with van der Waals surface area (Å²) in [5.41, 5.74) is 2.66. The Morgan fingerprint density at radius 3 is 2.62 bits per heavy atom. The highest BCUT2D eigenvalue weighted by atomic mass is 16.5. The van der Waals surface area contributed by atoms with Crippen molar-refractivity contribution in [2.24, 2.45) is 0 Å². The van der Waals surface area contributed by atoms with Gasteiger partial charge in [-0.15, -0.1) is 0 Å². The molecule has 1 atom stereocenters. The molecule has 0 bridgehead atoms. The lowest BCUT2D eigenvalue weighted by Gasteiger charge is -2.22. The summed E-state index contributed by atoms with van der Waals surface area (Å²) < 4.78 is 11.3. The SMILES string of the molecule is CCCNCC(C)c1ccc(COC2CCOCC2)cc1. The average Bonchev–Trinajstić information content (AvgIpc) is 2.54. The molecule has 1 aromatic carbocycles. The van der Waals surface area contributed by atoms with E-state index in [9.17, 15) is 0 Å². The first-order valence-electron chi connectivity index (χ1n) is 8.28. The molecule has 2 rings (SSSR count). The highest BCUT2D eigenvalue weighted by Gasteiger charge is 2.14. The summed E-state index contributed by atoms with van der Waals surface area (Å²) in [4.78, 5) is 0. The Morgan fingerprint density at radius 1 is 1.24 bits per heavy atom. The molecular weight excluding hydrogens is 262 g/mol. The van der Waals surface area contributed by atoms with E-state index in [-0.39, 0.29) is 0 Å². The molecule has 0 aliphatic carbocycles. The van der Waals surface area contributed by atoms with Crippen molar-refractivity contribution in [2.75, 3.05) is 26.3 Å². The van der Waals surface area contributed by atoms with Crippen LogP contribution >= 0.6 is 0 Å². The molecule has 1 N–H and O–H groups in total. The molecular formula is C18H29NO2. The predicted molar refractivity (Wildman–Crippen MR) is 86.6 cm³/mol. The summed E-state index contributed by atoms with van der Waals surface area (Å²) in [6.45, 7) is 9.01. The molecule has 1 saturated heterocycles. The van der Waals surface area contributed by atoms with Crippen LogP contribution in [0.1, 0.15) is 50.2 Å². The van der Waals surface area contributed by atoms with Crippen LogP contribution in [0.15, 0.2) is 24.3 Å². The first-order chi connectivity index (χ1) is 10.3. The number of benzene rings is 1. The minimum absolute atomic E-state index is 0.371. The summed E-state index contributed by atoms with van der Waals surface area (Å²) in [5, 5.41) is 3.48. The summed E-state index contributed by atoms with van der Waals surface area (Å²) in [6, 6.07) is 8.87. The van der Waals surface area contributed by atoms with Crippen LogP contribution in [0.4, 0.5) is 0 Å². The van der Waals surface area contributed by atoms with E-state index in [1.807, 2.05) is 0 Å². The van der Waals surface area contributed by atoms with Gasteiger partial charge in [-0.2, -0.15) is 0 Å². The van der Waals surface area contributed by atoms with Gasteiger partial charge in [-0.25, -0.2) is 0 Å². The Hall–Kier alpha value is -0.900. The Bertz CT molecular complexity index is 385. The summed E-state index contributed by atoms with van der Waals surface area (Å²) >= 11 is 0. The predicted octanol–water partition coefficient (Wildman–Crippen LogP) is 3.49. The lowest BCUT2D eigenvalue weighted by Crippen LogP contribution is -2.23. The van der Waals surface area contributed by atoms with Gasteiger partial charge in [0.25, 0.3) is 0 Å². The highest BCUT2D eigenvalue weighted by Crippen LogP contribution is 2.17. The van der Waals surface area contributed by atoms with Gasteiger partial charge >= 0.3 is 0 Å². The molecule has 1 heterocycles. The van der Waals surface area contributed by atoms with E-state index in [0.717, 1.165) is 39.1 Å². The van der Waals surface area contributed by atoms with Gasteiger partial charge in [-0.1, -0.05) is 38.1 Å². The van der Waals surface area contributed by atoms with Crippen molar-refractivity contribution in [3.63, 3.8) is 0 Å². The number of hydrogen-bond donors (Lipinski definition) is 1. The maximum Gasteiger partial charge on any atom is 0.0720 e. The van der Waals surface area contributed by atoms with Crippen LogP contribution in [0.2, 0.25) is 0 Å². The fraction of sp³-hybridized carbons (Fsp3) is 0.667. The van der Waals surface area contributed by atoms with E-state index >= 15 is 0 Å². The van der Waals surface area contributed by atoms with E-state index in [0.29, 0.717) is 18.6 Å². The smallest absolute Gasteiger partial charge is 0.0720 e. The topological polar surface area (TPSA) is 30.5 Å². The molecule has 21 heavy (non-hydrogen) atoms. The van der Waals surface area contributed by atoms with Gasteiger partial charge in [0.1, 0.15) is 0 Å². The lowest BCUT2D eigenvalue weighted by atomic mass is 10.00. The quantitative estimate of drug-likeness (QED) is 0.744. The molecule has 0 amide bonds. The third-order valence-electron chi connectivity index (χ3n) is 4.08. The third-order valence-corrected chi connectivity index (χ3v) is 4.08. The molecule has 3 nitrogen and oxygen atoms in total. The van der Waals surface area contributed by atoms with Crippen molar-refractivity contribution < 1.29 is 9.47 Å². The third kappa shape index (κ3) is 5.77. The molecule has 1 aliphatic heterocycles. The molecule has 0 radical (unpaired) electrons. The minimum Gasteiger partial charge on any atom is -0.381 e. The largest absolute Gasteiger partial charge is 0.381 e. The molecule has 118 valence electrons. The van der Waals surface area contributed by atoms with E-state index in [1.165, 1.54) is 17.5 Å². The second-order valence-electron chi connectivity index (χ2n) is 5.97. The van der Waals surface area contributed by atoms with E-state index in [2.05, 4.69) is 43.4 Å². The van der Waals surface area contributed by atoms with Crippen LogP contribution in [0.3, 0.4) is 0 Å². The van der Waals surface area contributed by atoms with Crippen molar-refractivity contribution >= 4 is 0 Å².